The summed E-state index contributed by atoms with van der Waals surface area (Å²) in [4.78, 5) is 65.4. The fraction of sp³-hybridized carbons (Fsp3) is 0.310. The summed E-state index contributed by atoms with van der Waals surface area (Å²) >= 11 is 0. The Morgan fingerprint density at radius 2 is 1.84 bits per heavy atom. The fourth-order valence-corrected chi connectivity index (χ4v) is 7.35. The molecule has 56 heavy (non-hydrogen) atoms. The molecular weight excluding hydrogens is 713 g/mol. The van der Waals surface area contributed by atoms with Gasteiger partial charge < -0.3 is 29.6 Å². The van der Waals surface area contributed by atoms with Crippen molar-refractivity contribution in [3.8, 4) is 29.1 Å². The van der Waals surface area contributed by atoms with Gasteiger partial charge in [0.15, 0.2) is 5.82 Å². The van der Waals surface area contributed by atoms with E-state index in [-0.39, 0.29) is 41.9 Å². The summed E-state index contributed by atoms with van der Waals surface area (Å²) in [7, 11) is 1.82. The Hall–Kier alpha value is -6.59. The lowest BCUT2D eigenvalue weighted by Gasteiger charge is -2.32. The third kappa shape index (κ3) is 7.54. The molecule has 0 bridgehead atoms. The van der Waals surface area contributed by atoms with Crippen LogP contribution in [0.4, 0.5) is 17.1 Å². The number of rotatable bonds is 7. The van der Waals surface area contributed by atoms with E-state index in [1.165, 1.54) is 5.56 Å². The number of carbonyl (C=O) groups excluding carboxylic acids is 3. The number of piperidine rings is 1. The molecule has 284 valence electrons. The van der Waals surface area contributed by atoms with Gasteiger partial charge in [0, 0.05) is 60.6 Å². The van der Waals surface area contributed by atoms with Crippen molar-refractivity contribution >= 4 is 45.7 Å². The van der Waals surface area contributed by atoms with E-state index in [0.717, 1.165) is 35.1 Å². The second kappa shape index (κ2) is 15.6. The van der Waals surface area contributed by atoms with Crippen molar-refractivity contribution in [3.05, 3.63) is 99.7 Å². The van der Waals surface area contributed by atoms with Crippen LogP contribution in [0.25, 0.3) is 22.3 Å². The first-order valence-corrected chi connectivity index (χ1v) is 18.6. The molecule has 14 heteroatoms. The average Bonchev–Trinajstić information content (AvgIpc) is 3.22. The molecule has 0 saturated carbocycles. The first-order valence-electron chi connectivity index (χ1n) is 18.6. The minimum absolute atomic E-state index is 0.0187. The number of benzene rings is 2. The number of hydrogen-bond donors (Lipinski definition) is 3. The number of pyridine rings is 2. The summed E-state index contributed by atoms with van der Waals surface area (Å²) in [6.45, 7) is 4.34. The van der Waals surface area contributed by atoms with Crippen molar-refractivity contribution in [3.63, 3.8) is 0 Å². The lowest BCUT2D eigenvalue weighted by molar-refractivity contribution is -0.133. The maximum absolute atomic E-state index is 13.0. The molecular formula is C42H40N8O6. The Balaban J connectivity index is 0.955. The zero-order chi connectivity index (χ0) is 38.8. The van der Waals surface area contributed by atoms with Crippen LogP contribution in [0.5, 0.6) is 5.88 Å². The van der Waals surface area contributed by atoms with Gasteiger partial charge >= 0.3 is 0 Å². The van der Waals surface area contributed by atoms with E-state index in [0.29, 0.717) is 72.8 Å². The van der Waals surface area contributed by atoms with E-state index in [2.05, 4.69) is 54.8 Å². The van der Waals surface area contributed by atoms with E-state index in [9.17, 15) is 19.2 Å². The second-order valence-corrected chi connectivity index (χ2v) is 14.1. The number of aromatic nitrogens is 4. The topological polar surface area (TPSA) is 170 Å². The van der Waals surface area contributed by atoms with Crippen molar-refractivity contribution in [1.82, 2.24) is 30.2 Å². The minimum atomic E-state index is -0.493. The van der Waals surface area contributed by atoms with Crippen molar-refractivity contribution in [2.45, 2.75) is 44.6 Å². The fourth-order valence-electron chi connectivity index (χ4n) is 7.35. The number of ether oxygens (including phenoxy) is 2. The highest BCUT2D eigenvalue weighted by Gasteiger charge is 2.28. The van der Waals surface area contributed by atoms with Gasteiger partial charge in [0.2, 0.25) is 17.7 Å². The number of anilines is 3. The van der Waals surface area contributed by atoms with Crippen LogP contribution >= 0.6 is 0 Å². The van der Waals surface area contributed by atoms with Crippen LogP contribution in [0, 0.1) is 18.8 Å². The molecule has 14 nitrogen and oxygen atoms in total. The van der Waals surface area contributed by atoms with Crippen LogP contribution < -0.4 is 31.1 Å². The SMILES string of the molecule is Cc1cc2c(N3CCOc4nc(-c5ccc(C(=O)NCC#Cc6cccc(NC7CCC(=O)NC7=O)c6)nc5)ncc43)cc(C3CCOCC3)cc2n(C)c1=O. The lowest BCUT2D eigenvalue weighted by Crippen LogP contribution is -2.47. The Morgan fingerprint density at radius 1 is 0.982 bits per heavy atom. The van der Waals surface area contributed by atoms with Gasteiger partial charge in [-0.05, 0) is 86.2 Å². The monoisotopic (exact) mass is 752 g/mol. The van der Waals surface area contributed by atoms with E-state index in [4.69, 9.17) is 14.5 Å². The zero-order valence-corrected chi connectivity index (χ0v) is 31.1. The van der Waals surface area contributed by atoms with Gasteiger partial charge in [0.25, 0.3) is 11.5 Å². The maximum atomic E-state index is 13.0. The summed E-state index contributed by atoms with van der Waals surface area (Å²) < 4.78 is 13.4. The molecule has 1 unspecified atom stereocenters. The quantitative estimate of drug-likeness (QED) is 0.162. The number of nitrogens with zero attached hydrogens (tertiary/aromatic N) is 5. The highest BCUT2D eigenvalue weighted by molar-refractivity contribution is 6.01. The summed E-state index contributed by atoms with van der Waals surface area (Å²) in [6.07, 6.45) is 5.85. The van der Waals surface area contributed by atoms with E-state index in [1.54, 1.807) is 29.1 Å². The van der Waals surface area contributed by atoms with Crippen molar-refractivity contribution < 1.29 is 23.9 Å². The summed E-state index contributed by atoms with van der Waals surface area (Å²) in [5.41, 5.74) is 6.64. The number of carbonyl (C=O) groups is 3. The molecule has 3 aliphatic rings. The highest BCUT2D eigenvalue weighted by Crippen LogP contribution is 2.41. The van der Waals surface area contributed by atoms with Crippen LogP contribution in [-0.4, -0.2) is 76.2 Å². The average molecular weight is 753 g/mol. The Labute approximate surface area is 322 Å². The number of hydrogen-bond acceptors (Lipinski definition) is 11. The molecule has 3 aliphatic heterocycles. The molecule has 2 saturated heterocycles. The van der Waals surface area contributed by atoms with Crippen LogP contribution in [0.3, 0.4) is 0 Å². The van der Waals surface area contributed by atoms with Crippen LogP contribution in [0.1, 0.15) is 58.8 Å². The Bertz CT molecular complexity index is 2480. The third-order valence-electron chi connectivity index (χ3n) is 10.4. The lowest BCUT2D eigenvalue weighted by atomic mass is 9.90. The van der Waals surface area contributed by atoms with Crippen LogP contribution in [0.2, 0.25) is 0 Å². The van der Waals surface area contributed by atoms with Gasteiger partial charge in [-0.3, -0.25) is 29.5 Å². The van der Waals surface area contributed by atoms with Gasteiger partial charge in [0.05, 0.1) is 30.5 Å². The van der Waals surface area contributed by atoms with Crippen molar-refractivity contribution in [2.75, 3.05) is 43.1 Å². The number of imide groups is 1. The smallest absolute Gasteiger partial charge is 0.270 e. The number of aryl methyl sites for hydroxylation is 2. The van der Waals surface area contributed by atoms with Crippen LogP contribution in [0.15, 0.2) is 71.8 Å². The second-order valence-electron chi connectivity index (χ2n) is 14.1. The molecule has 2 fully saturated rings. The van der Waals surface area contributed by atoms with Gasteiger partial charge in [-0.1, -0.05) is 17.9 Å². The van der Waals surface area contributed by atoms with E-state index in [1.807, 2.05) is 44.3 Å². The molecule has 3 aromatic heterocycles. The summed E-state index contributed by atoms with van der Waals surface area (Å²) in [5, 5.41) is 9.22. The molecule has 0 radical (unpaired) electrons. The molecule has 0 aliphatic carbocycles. The number of nitrogens with one attached hydrogen (secondary N) is 3. The largest absolute Gasteiger partial charge is 0.474 e. The molecule has 3 N–H and O–H groups in total. The zero-order valence-electron chi connectivity index (χ0n) is 31.1. The predicted molar refractivity (Wildman–Crippen MR) is 210 cm³/mol. The molecule has 3 amide bonds. The Morgan fingerprint density at radius 3 is 2.64 bits per heavy atom. The minimum Gasteiger partial charge on any atom is -0.474 e. The molecule has 2 aromatic carbocycles. The molecule has 6 heterocycles. The molecule has 8 rings (SSSR count). The molecule has 0 spiro atoms. The van der Waals surface area contributed by atoms with Gasteiger partial charge in [-0.25, -0.2) is 4.98 Å². The molecule has 1 atom stereocenters. The predicted octanol–water partition coefficient (Wildman–Crippen LogP) is 4.12. The van der Waals surface area contributed by atoms with Gasteiger partial charge in [-0.2, -0.15) is 4.98 Å². The third-order valence-corrected chi connectivity index (χ3v) is 10.4. The first kappa shape index (κ1) is 36.4. The summed E-state index contributed by atoms with van der Waals surface area (Å²) in [5.74, 6) is 6.14. The standard InChI is InChI=1S/C42H40N8O6/c1-25-19-31-34(49(2)42(25)54)21-29(27-12-16-55-17-13-27)22-35(31)50-15-18-56-41-36(50)24-45-38(48-41)28-8-9-32(44-23-28)39(52)43-14-4-6-26-5-3-7-30(20-26)46-33-10-11-37(51)47-40(33)53/h3,5,7-9,19-24,27,33,46H,10-18H2,1-2H3,(H,43,52)(H,47,51,53). The maximum Gasteiger partial charge on any atom is 0.270 e. The van der Waals surface area contributed by atoms with Gasteiger partial charge in [0.1, 0.15) is 24.0 Å². The van der Waals surface area contributed by atoms with Crippen molar-refractivity contribution in [1.29, 1.82) is 0 Å². The van der Waals surface area contributed by atoms with E-state index < -0.39 is 6.04 Å². The first-order chi connectivity index (χ1) is 27.2. The number of fused-ring (bicyclic) bond motifs is 2. The van der Waals surface area contributed by atoms with Gasteiger partial charge in [-0.15, -0.1) is 0 Å². The molecule has 5 aromatic rings. The van der Waals surface area contributed by atoms with Crippen LogP contribution in [-0.2, 0) is 21.4 Å². The number of amides is 3. The Kier molecular flexibility index (Phi) is 10.2. The normalized spacial score (nSPS) is 17.0. The highest BCUT2D eigenvalue weighted by atomic mass is 16.5. The van der Waals surface area contributed by atoms with E-state index >= 15 is 0 Å². The van der Waals surface area contributed by atoms with Crippen molar-refractivity contribution in [2.24, 2.45) is 7.05 Å². The summed E-state index contributed by atoms with van der Waals surface area (Å²) in [6, 6.07) is 16.5.